The lowest BCUT2D eigenvalue weighted by atomic mass is 9.94. The van der Waals surface area contributed by atoms with Crippen LogP contribution in [0, 0.1) is 0 Å². The Morgan fingerprint density at radius 1 is 1.00 bits per heavy atom. The molecule has 0 bridgehead atoms. The second-order valence-electron chi connectivity index (χ2n) is 3.97. The molecule has 0 saturated carbocycles. The summed E-state index contributed by atoms with van der Waals surface area (Å²) < 4.78 is 0. The number of aromatic nitrogens is 2. The van der Waals surface area contributed by atoms with Gasteiger partial charge in [0.2, 0.25) is 0 Å². The zero-order valence-corrected chi connectivity index (χ0v) is 9.07. The van der Waals surface area contributed by atoms with Crippen LogP contribution in [0.4, 0.5) is 0 Å². The first kappa shape index (κ1) is 9.22. The van der Waals surface area contributed by atoms with E-state index in [0.29, 0.717) is 0 Å². The largest absolute Gasteiger partial charge is 0.338 e. The molecule has 0 aliphatic carbocycles. The third kappa shape index (κ3) is 1.50. The Labute approximate surface area is 94.8 Å². The standard InChI is InChI=1S/C13H11BN2/c14-10-5-3-4-9(8-10)13-15-11-6-1-2-7-12(11)16-13/h1-8H,14H2,(H,15,16). The number of aromatic amines is 1. The fourth-order valence-electron chi connectivity index (χ4n) is 1.88. The maximum absolute atomic E-state index is 4.57. The third-order valence-electron chi connectivity index (χ3n) is 2.68. The fourth-order valence-corrected chi connectivity index (χ4v) is 1.88. The predicted octanol–water partition coefficient (Wildman–Crippen LogP) is 1.49. The monoisotopic (exact) mass is 206 g/mol. The van der Waals surface area contributed by atoms with E-state index in [0.717, 1.165) is 22.4 Å². The molecule has 0 aliphatic rings. The van der Waals surface area contributed by atoms with Gasteiger partial charge in [-0.15, -0.1) is 0 Å². The summed E-state index contributed by atoms with van der Waals surface area (Å²) in [6, 6.07) is 16.4. The molecule has 0 atom stereocenters. The van der Waals surface area contributed by atoms with Crippen LogP contribution < -0.4 is 5.46 Å². The molecule has 0 spiro atoms. The van der Waals surface area contributed by atoms with Crippen molar-refractivity contribution in [2.75, 3.05) is 0 Å². The Bertz CT molecular complexity index is 610. The summed E-state index contributed by atoms with van der Waals surface area (Å²) in [5.74, 6) is 0.935. The maximum atomic E-state index is 4.57. The minimum absolute atomic E-state index is 0.935. The minimum Gasteiger partial charge on any atom is -0.338 e. The molecule has 16 heavy (non-hydrogen) atoms. The first-order valence-corrected chi connectivity index (χ1v) is 5.35. The van der Waals surface area contributed by atoms with Gasteiger partial charge in [-0.1, -0.05) is 41.9 Å². The Morgan fingerprint density at radius 2 is 1.88 bits per heavy atom. The van der Waals surface area contributed by atoms with Gasteiger partial charge in [0, 0.05) is 5.56 Å². The molecule has 3 heteroatoms. The van der Waals surface area contributed by atoms with Gasteiger partial charge < -0.3 is 4.98 Å². The Kier molecular flexibility index (Phi) is 2.03. The zero-order chi connectivity index (χ0) is 11.0. The van der Waals surface area contributed by atoms with Crippen LogP contribution in [0.15, 0.2) is 48.5 Å². The van der Waals surface area contributed by atoms with Crippen molar-refractivity contribution in [2.45, 2.75) is 0 Å². The average molecular weight is 206 g/mol. The highest BCUT2D eigenvalue weighted by Crippen LogP contribution is 2.18. The van der Waals surface area contributed by atoms with Gasteiger partial charge in [0.15, 0.2) is 0 Å². The topological polar surface area (TPSA) is 28.7 Å². The number of rotatable bonds is 1. The van der Waals surface area contributed by atoms with Gasteiger partial charge in [0.1, 0.15) is 13.7 Å². The van der Waals surface area contributed by atoms with E-state index in [1.165, 1.54) is 5.46 Å². The van der Waals surface area contributed by atoms with E-state index >= 15 is 0 Å². The number of imidazole rings is 1. The summed E-state index contributed by atoms with van der Waals surface area (Å²) in [6.07, 6.45) is 0. The normalized spacial score (nSPS) is 10.8. The van der Waals surface area contributed by atoms with Crippen molar-refractivity contribution in [3.63, 3.8) is 0 Å². The van der Waals surface area contributed by atoms with Crippen LogP contribution in [0.1, 0.15) is 0 Å². The van der Waals surface area contributed by atoms with Crippen molar-refractivity contribution in [1.82, 2.24) is 9.97 Å². The minimum atomic E-state index is 0.935. The number of hydrogen-bond donors (Lipinski definition) is 1. The predicted molar refractivity (Wildman–Crippen MR) is 69.7 cm³/mol. The summed E-state index contributed by atoms with van der Waals surface area (Å²) in [6.45, 7) is 0. The number of benzene rings is 2. The highest BCUT2D eigenvalue weighted by atomic mass is 14.9. The first-order chi connectivity index (χ1) is 7.83. The van der Waals surface area contributed by atoms with Gasteiger partial charge in [-0.25, -0.2) is 4.98 Å². The van der Waals surface area contributed by atoms with E-state index in [1.54, 1.807) is 0 Å². The lowest BCUT2D eigenvalue weighted by Crippen LogP contribution is -2.00. The molecule has 0 amide bonds. The number of fused-ring (bicyclic) bond motifs is 1. The van der Waals surface area contributed by atoms with Crippen molar-refractivity contribution in [1.29, 1.82) is 0 Å². The van der Waals surface area contributed by atoms with Crippen molar-refractivity contribution in [3.8, 4) is 11.4 Å². The molecule has 1 heterocycles. The molecule has 2 aromatic carbocycles. The van der Waals surface area contributed by atoms with E-state index in [2.05, 4.69) is 42.1 Å². The molecule has 76 valence electrons. The molecule has 0 saturated heterocycles. The average Bonchev–Trinajstić information content (AvgIpc) is 2.72. The summed E-state index contributed by atoms with van der Waals surface area (Å²) in [4.78, 5) is 7.90. The van der Waals surface area contributed by atoms with Crippen LogP contribution in [0.3, 0.4) is 0 Å². The molecular formula is C13H11BN2. The summed E-state index contributed by atoms with van der Waals surface area (Å²) in [5, 5.41) is 0. The summed E-state index contributed by atoms with van der Waals surface area (Å²) in [7, 11) is 2.09. The molecule has 3 aromatic rings. The SMILES string of the molecule is Bc1cccc(-c2nc3ccccc3[nH]2)c1. The molecule has 0 unspecified atom stereocenters. The van der Waals surface area contributed by atoms with Crippen LogP contribution in [0.25, 0.3) is 22.4 Å². The number of nitrogens with one attached hydrogen (secondary N) is 1. The van der Waals surface area contributed by atoms with Crippen LogP contribution in [-0.4, -0.2) is 17.8 Å². The Hall–Kier alpha value is -2.03. The number of hydrogen-bond acceptors (Lipinski definition) is 1. The van der Waals surface area contributed by atoms with Crippen LogP contribution in [0.2, 0.25) is 0 Å². The van der Waals surface area contributed by atoms with Gasteiger partial charge in [-0.2, -0.15) is 0 Å². The van der Waals surface area contributed by atoms with E-state index < -0.39 is 0 Å². The van der Waals surface area contributed by atoms with E-state index in [1.807, 2.05) is 24.3 Å². The zero-order valence-electron chi connectivity index (χ0n) is 9.07. The molecule has 2 nitrogen and oxygen atoms in total. The molecule has 3 rings (SSSR count). The molecule has 1 N–H and O–H groups in total. The number of para-hydroxylation sites is 2. The lowest BCUT2D eigenvalue weighted by Gasteiger charge is -1.97. The highest BCUT2D eigenvalue weighted by Gasteiger charge is 2.03. The second kappa shape index (κ2) is 3.52. The van der Waals surface area contributed by atoms with E-state index in [-0.39, 0.29) is 0 Å². The smallest absolute Gasteiger partial charge is 0.139 e. The fraction of sp³-hybridized carbons (Fsp3) is 0. The van der Waals surface area contributed by atoms with Crippen molar-refractivity contribution < 1.29 is 0 Å². The van der Waals surface area contributed by atoms with Crippen LogP contribution in [-0.2, 0) is 0 Å². The van der Waals surface area contributed by atoms with Gasteiger partial charge in [0.25, 0.3) is 0 Å². The highest BCUT2D eigenvalue weighted by molar-refractivity contribution is 6.32. The van der Waals surface area contributed by atoms with Crippen molar-refractivity contribution in [2.24, 2.45) is 0 Å². The molecule has 1 aromatic heterocycles. The Morgan fingerprint density at radius 3 is 2.69 bits per heavy atom. The third-order valence-corrected chi connectivity index (χ3v) is 2.68. The molecule has 0 fully saturated rings. The lowest BCUT2D eigenvalue weighted by molar-refractivity contribution is 1.34. The van der Waals surface area contributed by atoms with Gasteiger partial charge in [0.05, 0.1) is 11.0 Å². The van der Waals surface area contributed by atoms with Crippen molar-refractivity contribution >= 4 is 24.3 Å². The quantitative estimate of drug-likeness (QED) is 0.600. The molecule has 0 aliphatic heterocycles. The van der Waals surface area contributed by atoms with Crippen LogP contribution >= 0.6 is 0 Å². The van der Waals surface area contributed by atoms with E-state index in [9.17, 15) is 0 Å². The number of H-pyrrole nitrogens is 1. The van der Waals surface area contributed by atoms with Crippen molar-refractivity contribution in [3.05, 3.63) is 48.5 Å². The van der Waals surface area contributed by atoms with Gasteiger partial charge >= 0.3 is 0 Å². The summed E-state index contributed by atoms with van der Waals surface area (Å²) in [5.41, 5.74) is 4.48. The first-order valence-electron chi connectivity index (χ1n) is 5.35. The maximum Gasteiger partial charge on any atom is 0.139 e. The molecule has 0 radical (unpaired) electrons. The number of nitrogens with zero attached hydrogens (tertiary/aromatic N) is 1. The van der Waals surface area contributed by atoms with Crippen LogP contribution in [0.5, 0.6) is 0 Å². The van der Waals surface area contributed by atoms with Gasteiger partial charge in [-0.05, 0) is 12.1 Å². The Balaban J connectivity index is 2.19. The molecular weight excluding hydrogens is 195 g/mol. The second-order valence-corrected chi connectivity index (χ2v) is 3.97. The van der Waals surface area contributed by atoms with Gasteiger partial charge in [-0.3, -0.25) is 0 Å². The summed E-state index contributed by atoms with van der Waals surface area (Å²) >= 11 is 0. The van der Waals surface area contributed by atoms with E-state index in [4.69, 9.17) is 0 Å².